The fourth-order valence-corrected chi connectivity index (χ4v) is 11.3. The van der Waals surface area contributed by atoms with Crippen LogP contribution in [0.25, 0.3) is 72.6 Å². The van der Waals surface area contributed by atoms with E-state index >= 15 is 0 Å². The molecule has 1 saturated carbocycles. The van der Waals surface area contributed by atoms with Crippen LogP contribution >= 0.6 is 0 Å². The molecule has 7 heteroatoms. The van der Waals surface area contributed by atoms with Crippen LogP contribution in [0.2, 0.25) is 19.6 Å². The van der Waals surface area contributed by atoms with Crippen LogP contribution in [0.15, 0.2) is 126 Å². The maximum atomic E-state index is 6.54. The van der Waals surface area contributed by atoms with Gasteiger partial charge >= 0.3 is 0 Å². The van der Waals surface area contributed by atoms with Gasteiger partial charge in [-0.1, -0.05) is 137 Å². The molecule has 1 aliphatic carbocycles. The summed E-state index contributed by atoms with van der Waals surface area (Å²) in [7, 11) is -1.36. The minimum Gasteiger partial charge on any atom is -0.486 e. The van der Waals surface area contributed by atoms with E-state index in [1.807, 2.05) is 31.2 Å². The summed E-state index contributed by atoms with van der Waals surface area (Å²) < 4.78 is 8.82. The molecule has 0 amide bonds. The van der Waals surface area contributed by atoms with Crippen LogP contribution in [-0.4, -0.2) is 27.6 Å². The predicted octanol–water partition coefficient (Wildman–Crippen LogP) is 14.7. The molecule has 0 atom stereocenters. The molecule has 327 valence electrons. The number of imidazole rings is 1. The number of hydrogen-bond acceptors (Lipinski definition) is 4. The Morgan fingerprint density at radius 1 is 0.781 bits per heavy atom. The molecule has 0 bridgehead atoms. The van der Waals surface area contributed by atoms with Gasteiger partial charge in [-0.3, -0.25) is 4.98 Å². The van der Waals surface area contributed by atoms with Crippen LogP contribution in [0.4, 0.5) is 0 Å². The molecule has 4 aromatic heterocycles. The molecule has 5 aromatic carbocycles. The van der Waals surface area contributed by atoms with E-state index in [4.69, 9.17) is 19.4 Å². The summed E-state index contributed by atoms with van der Waals surface area (Å²) in [5, 5.41) is 3.67. The third-order valence-corrected chi connectivity index (χ3v) is 14.9. The molecule has 4 heterocycles. The Labute approximate surface area is 393 Å². The molecule has 1 fully saturated rings. The van der Waals surface area contributed by atoms with Gasteiger partial charge in [-0.25, -0.2) is 4.98 Å². The number of fused-ring (bicyclic) bond motifs is 4. The zero-order chi connectivity index (χ0) is 43.8. The van der Waals surface area contributed by atoms with Crippen molar-refractivity contribution < 1.29 is 24.5 Å². The molecule has 5 nitrogen and oxygen atoms in total. The van der Waals surface area contributed by atoms with E-state index in [-0.39, 0.29) is 20.1 Å². The van der Waals surface area contributed by atoms with E-state index < -0.39 is 8.07 Å². The third-order valence-electron chi connectivity index (χ3n) is 12.8. The molecule has 0 aliphatic heterocycles. The number of para-hydroxylation sites is 2. The Morgan fingerprint density at radius 3 is 2.20 bits per heavy atom. The number of hydrogen-bond donors (Lipinski definition) is 0. The van der Waals surface area contributed by atoms with E-state index in [0.717, 1.165) is 67.3 Å². The van der Waals surface area contributed by atoms with Crippen molar-refractivity contribution in [2.45, 2.75) is 98.7 Å². The van der Waals surface area contributed by atoms with Crippen molar-refractivity contribution in [3.8, 4) is 39.5 Å². The fourth-order valence-electron chi connectivity index (χ4n) is 9.71. The number of furan rings is 1. The van der Waals surface area contributed by atoms with Gasteiger partial charge < -0.3 is 14.0 Å². The first-order chi connectivity index (χ1) is 30.4. The quantitative estimate of drug-likeness (QED) is 0.112. The molecule has 10 rings (SSSR count). The van der Waals surface area contributed by atoms with Gasteiger partial charge in [-0.05, 0) is 103 Å². The van der Waals surface area contributed by atoms with Crippen molar-refractivity contribution >= 4 is 46.4 Å². The summed E-state index contributed by atoms with van der Waals surface area (Å²) >= 11 is 0. The molecule has 0 unspecified atom stereocenters. The number of rotatable bonds is 8. The second kappa shape index (κ2) is 18.9. The molecule has 9 aromatic rings. The largest absolute Gasteiger partial charge is 0.486 e. The number of aromatic nitrogens is 4. The number of nitrogens with zero attached hydrogens (tertiary/aromatic N) is 4. The van der Waals surface area contributed by atoms with Crippen LogP contribution in [0.5, 0.6) is 0 Å². The van der Waals surface area contributed by atoms with Crippen molar-refractivity contribution in [2.24, 2.45) is 5.92 Å². The summed E-state index contributed by atoms with van der Waals surface area (Å²) in [6, 6.07) is 47.1. The Bertz CT molecular complexity index is 3040. The molecule has 0 saturated heterocycles. The molecular weight excluding hydrogens is 977 g/mol. The van der Waals surface area contributed by atoms with Gasteiger partial charge in [0.2, 0.25) is 5.71 Å². The zero-order valence-corrected chi connectivity index (χ0v) is 41.9. The average molecular weight is 1040 g/mol. The minimum absolute atomic E-state index is 0. The number of benzene rings is 5. The average Bonchev–Trinajstić information content (AvgIpc) is 3.85. The molecule has 1 radical (unpaired) electrons. The maximum absolute atomic E-state index is 6.54. The van der Waals surface area contributed by atoms with E-state index in [1.165, 1.54) is 66.3 Å². The van der Waals surface area contributed by atoms with Crippen molar-refractivity contribution in [2.75, 3.05) is 0 Å². The zero-order valence-electron chi connectivity index (χ0n) is 38.5. The van der Waals surface area contributed by atoms with Gasteiger partial charge in [0.15, 0.2) is 0 Å². The van der Waals surface area contributed by atoms with Crippen LogP contribution in [-0.2, 0) is 26.5 Å². The summed E-state index contributed by atoms with van der Waals surface area (Å²) in [6.07, 6.45) is 10.5. The molecule has 64 heavy (non-hydrogen) atoms. The van der Waals surface area contributed by atoms with Crippen molar-refractivity contribution in [3.63, 3.8) is 0 Å². The van der Waals surface area contributed by atoms with Gasteiger partial charge in [0, 0.05) is 43.1 Å². The number of aryl methyl sites for hydroxylation is 3. The van der Waals surface area contributed by atoms with Crippen molar-refractivity contribution in [3.05, 3.63) is 162 Å². The van der Waals surface area contributed by atoms with E-state index in [9.17, 15) is 0 Å². The van der Waals surface area contributed by atoms with E-state index in [1.54, 1.807) is 10.8 Å². The second-order valence-electron chi connectivity index (χ2n) is 18.9. The van der Waals surface area contributed by atoms with Gasteiger partial charge in [-0.15, -0.1) is 53.6 Å². The second-order valence-corrected chi connectivity index (χ2v) is 24.0. The first kappa shape index (κ1) is 45.1. The van der Waals surface area contributed by atoms with Gasteiger partial charge in [0.05, 0.1) is 30.5 Å². The Kier molecular flexibility index (Phi) is 13.4. The fraction of sp³-hybridized carbons (Fsp3) is 0.281. The van der Waals surface area contributed by atoms with Gasteiger partial charge in [0.1, 0.15) is 0 Å². The summed E-state index contributed by atoms with van der Waals surface area (Å²) in [6.45, 7) is 18.1. The first-order valence-corrected chi connectivity index (χ1v) is 26.3. The topological polar surface area (TPSA) is 56.7 Å². The van der Waals surface area contributed by atoms with Crippen LogP contribution in [0.3, 0.4) is 0 Å². The monoisotopic (exact) mass is 1040 g/mol. The molecule has 0 spiro atoms. The molecule has 1 aliphatic rings. The first-order valence-electron chi connectivity index (χ1n) is 22.8. The third kappa shape index (κ3) is 9.09. The maximum Gasteiger partial charge on any atom is 0.216 e. The molecular formula is C57H58IrN4OSi-2. The molecule has 0 N–H and O–H groups in total. The van der Waals surface area contributed by atoms with Gasteiger partial charge in [-0.2, -0.15) is 0 Å². The summed E-state index contributed by atoms with van der Waals surface area (Å²) in [5.41, 5.74) is 16.0. The smallest absolute Gasteiger partial charge is 0.216 e. The standard InChI is InChI=1S/C36H30N3O.C21H28NSi.Ir/c1-21(2)27-17-18-29(34-32(27)28-16-15-24(5)37-36(28)40-34)35-38-30-13-9-10-14-31(30)39(35)33-22(3)19-26(20-23(33)4)25-11-7-6-8-12-25;1-23(2,3)21-16-22-20(18-12-8-5-9-13-18)15-19(21)14-17-10-6-4-7-11-17;/h6-17,19-21H,1-5H3;5,8-9,12,15-17H,4,6-7,10-11,14H2,1-3H3;/q2*-1;. The minimum atomic E-state index is -1.36. The number of pyridine rings is 2. The Morgan fingerprint density at radius 2 is 1.50 bits per heavy atom. The van der Waals surface area contributed by atoms with E-state index in [0.29, 0.717) is 11.6 Å². The summed E-state index contributed by atoms with van der Waals surface area (Å²) in [4.78, 5) is 14.7. The van der Waals surface area contributed by atoms with Crippen molar-refractivity contribution in [1.29, 1.82) is 0 Å². The predicted molar refractivity (Wildman–Crippen MR) is 266 cm³/mol. The SMILES string of the molecule is C[Si](C)(C)c1cnc(-c2[c-]cccc2)cc1CC1CCCCC1.Cc1ccc2c(n1)oc1c(-c3nc4ccccc4n3-c3c(C)cc(-c4ccccc4)cc3C)[c-]cc(C(C)C)c12.[Ir]. The van der Waals surface area contributed by atoms with Crippen LogP contribution in [0.1, 0.15) is 79.8 Å². The van der Waals surface area contributed by atoms with E-state index in [2.05, 4.69) is 161 Å². The van der Waals surface area contributed by atoms with Crippen molar-refractivity contribution in [1.82, 2.24) is 19.5 Å². The Hall–Kier alpha value is -5.46. The van der Waals surface area contributed by atoms with Gasteiger partial charge in [0.25, 0.3) is 0 Å². The van der Waals surface area contributed by atoms with Crippen LogP contribution < -0.4 is 5.19 Å². The van der Waals surface area contributed by atoms with Crippen LogP contribution in [0, 0.1) is 38.8 Å². The Balaban J connectivity index is 0.000000199. The normalized spacial score (nSPS) is 13.3. The summed E-state index contributed by atoms with van der Waals surface area (Å²) in [5.74, 6) is 1.99.